The summed E-state index contributed by atoms with van der Waals surface area (Å²) < 4.78 is 4.75. The molecule has 0 aromatic heterocycles. The minimum atomic E-state index is -0.102. The molecule has 0 saturated heterocycles. The topological polar surface area (TPSA) is 38.3 Å². The summed E-state index contributed by atoms with van der Waals surface area (Å²) in [6.45, 7) is 2.33. The van der Waals surface area contributed by atoms with Crippen LogP contribution in [0.3, 0.4) is 0 Å². The Kier molecular flexibility index (Phi) is 4.13. The van der Waals surface area contributed by atoms with Crippen molar-refractivity contribution in [2.45, 2.75) is 13.3 Å². The summed E-state index contributed by atoms with van der Waals surface area (Å²) in [7, 11) is 1.54. The second-order valence-corrected chi connectivity index (χ2v) is 2.99. The third-order valence-electron chi connectivity index (χ3n) is 2.00. The number of nitrogens with one attached hydrogen (secondary N) is 1. The van der Waals surface area contributed by atoms with Gasteiger partial charge in [0.25, 0.3) is 5.91 Å². The fourth-order valence-corrected chi connectivity index (χ4v) is 1.13. The molecule has 0 spiro atoms. The highest BCUT2D eigenvalue weighted by molar-refractivity contribution is 5.94. The molecular weight excluding hydrogens is 178 g/mol. The standard InChI is InChI=1S/C11H15NO2/c1-3-9-4-6-10(7-5-9)11(13)12-8-14-2/h4-7H,3,8H2,1-2H3,(H,12,13). The van der Waals surface area contributed by atoms with Crippen LogP contribution in [-0.4, -0.2) is 19.7 Å². The largest absolute Gasteiger partial charge is 0.364 e. The van der Waals surface area contributed by atoms with Crippen molar-refractivity contribution in [1.29, 1.82) is 0 Å². The van der Waals surface area contributed by atoms with E-state index in [0.29, 0.717) is 5.56 Å². The molecule has 3 heteroatoms. The minimum absolute atomic E-state index is 0.102. The Morgan fingerprint density at radius 1 is 1.36 bits per heavy atom. The van der Waals surface area contributed by atoms with Crippen LogP contribution in [0.1, 0.15) is 22.8 Å². The number of aryl methyl sites for hydroxylation is 1. The smallest absolute Gasteiger partial charge is 0.253 e. The Balaban J connectivity index is 2.62. The number of benzene rings is 1. The zero-order valence-electron chi connectivity index (χ0n) is 8.54. The van der Waals surface area contributed by atoms with E-state index in [2.05, 4.69) is 12.2 Å². The quantitative estimate of drug-likeness (QED) is 0.737. The maximum absolute atomic E-state index is 11.4. The van der Waals surface area contributed by atoms with E-state index in [1.807, 2.05) is 24.3 Å². The lowest BCUT2D eigenvalue weighted by molar-refractivity contribution is 0.0872. The third-order valence-corrected chi connectivity index (χ3v) is 2.00. The molecule has 1 aromatic rings. The number of rotatable bonds is 4. The molecule has 0 heterocycles. The fraction of sp³-hybridized carbons (Fsp3) is 0.364. The molecule has 0 unspecified atom stereocenters. The average Bonchev–Trinajstić information content (AvgIpc) is 2.26. The van der Waals surface area contributed by atoms with Crippen LogP contribution in [-0.2, 0) is 11.2 Å². The highest BCUT2D eigenvalue weighted by Crippen LogP contribution is 2.04. The van der Waals surface area contributed by atoms with Crippen LogP contribution in [0.4, 0.5) is 0 Å². The van der Waals surface area contributed by atoms with Crippen molar-refractivity contribution < 1.29 is 9.53 Å². The molecule has 1 amide bonds. The average molecular weight is 193 g/mol. The second-order valence-electron chi connectivity index (χ2n) is 2.99. The SMILES string of the molecule is CCc1ccc(C(=O)NCOC)cc1. The molecule has 1 N–H and O–H groups in total. The molecule has 1 aromatic carbocycles. The van der Waals surface area contributed by atoms with Crippen molar-refractivity contribution in [3.63, 3.8) is 0 Å². The first-order chi connectivity index (χ1) is 6.77. The number of carbonyl (C=O) groups is 1. The van der Waals surface area contributed by atoms with Gasteiger partial charge in [-0.3, -0.25) is 4.79 Å². The van der Waals surface area contributed by atoms with Crippen molar-refractivity contribution in [2.24, 2.45) is 0 Å². The molecule has 0 radical (unpaired) electrons. The fourth-order valence-electron chi connectivity index (χ4n) is 1.13. The van der Waals surface area contributed by atoms with E-state index >= 15 is 0 Å². The highest BCUT2D eigenvalue weighted by atomic mass is 16.5. The lowest BCUT2D eigenvalue weighted by Crippen LogP contribution is -2.25. The molecule has 76 valence electrons. The van der Waals surface area contributed by atoms with Crippen LogP contribution in [0.15, 0.2) is 24.3 Å². The molecule has 0 aliphatic rings. The van der Waals surface area contributed by atoms with E-state index in [1.165, 1.54) is 5.56 Å². The van der Waals surface area contributed by atoms with Crippen LogP contribution >= 0.6 is 0 Å². The molecular formula is C11H15NO2. The van der Waals surface area contributed by atoms with Gasteiger partial charge in [-0.25, -0.2) is 0 Å². The van der Waals surface area contributed by atoms with E-state index in [-0.39, 0.29) is 12.6 Å². The Hall–Kier alpha value is -1.35. The van der Waals surface area contributed by atoms with Crippen molar-refractivity contribution in [1.82, 2.24) is 5.32 Å². The summed E-state index contributed by atoms with van der Waals surface area (Å²) in [5.74, 6) is -0.102. The Morgan fingerprint density at radius 3 is 2.50 bits per heavy atom. The van der Waals surface area contributed by atoms with Gasteiger partial charge < -0.3 is 10.1 Å². The molecule has 0 atom stereocenters. The van der Waals surface area contributed by atoms with Crippen LogP contribution in [0, 0.1) is 0 Å². The number of ether oxygens (including phenoxy) is 1. The summed E-state index contributed by atoms with van der Waals surface area (Å²) in [5, 5.41) is 2.62. The molecule has 14 heavy (non-hydrogen) atoms. The second kappa shape index (κ2) is 5.40. The van der Waals surface area contributed by atoms with Gasteiger partial charge in [0.15, 0.2) is 0 Å². The predicted molar refractivity (Wildman–Crippen MR) is 55.2 cm³/mol. The zero-order valence-corrected chi connectivity index (χ0v) is 8.54. The summed E-state index contributed by atoms with van der Waals surface area (Å²) in [6.07, 6.45) is 0.986. The van der Waals surface area contributed by atoms with Crippen LogP contribution < -0.4 is 5.32 Å². The maximum atomic E-state index is 11.4. The van der Waals surface area contributed by atoms with Crippen LogP contribution in [0.5, 0.6) is 0 Å². The molecule has 0 fully saturated rings. The van der Waals surface area contributed by atoms with Crippen molar-refractivity contribution in [3.05, 3.63) is 35.4 Å². The van der Waals surface area contributed by atoms with E-state index in [1.54, 1.807) is 7.11 Å². The van der Waals surface area contributed by atoms with Gasteiger partial charge in [-0.15, -0.1) is 0 Å². The Morgan fingerprint density at radius 2 is 2.00 bits per heavy atom. The summed E-state index contributed by atoms with van der Waals surface area (Å²) in [5.41, 5.74) is 1.90. The van der Waals surface area contributed by atoms with Gasteiger partial charge in [-0.2, -0.15) is 0 Å². The predicted octanol–water partition coefficient (Wildman–Crippen LogP) is 1.58. The van der Waals surface area contributed by atoms with Crippen molar-refractivity contribution in [3.8, 4) is 0 Å². The molecule has 0 saturated carbocycles. The van der Waals surface area contributed by atoms with Gasteiger partial charge in [0.1, 0.15) is 6.73 Å². The minimum Gasteiger partial charge on any atom is -0.364 e. The molecule has 0 aliphatic heterocycles. The molecule has 1 rings (SSSR count). The monoisotopic (exact) mass is 193 g/mol. The zero-order chi connectivity index (χ0) is 10.4. The number of amides is 1. The molecule has 0 bridgehead atoms. The lowest BCUT2D eigenvalue weighted by atomic mass is 10.1. The van der Waals surface area contributed by atoms with Crippen LogP contribution in [0.2, 0.25) is 0 Å². The third kappa shape index (κ3) is 2.85. The van der Waals surface area contributed by atoms with Gasteiger partial charge in [-0.1, -0.05) is 19.1 Å². The first kappa shape index (κ1) is 10.7. The van der Waals surface area contributed by atoms with Gasteiger partial charge in [-0.05, 0) is 24.1 Å². The van der Waals surface area contributed by atoms with Crippen molar-refractivity contribution in [2.75, 3.05) is 13.8 Å². The Bertz CT molecular complexity index is 293. The van der Waals surface area contributed by atoms with E-state index in [0.717, 1.165) is 6.42 Å². The number of methoxy groups -OCH3 is 1. The molecule has 3 nitrogen and oxygen atoms in total. The normalized spacial score (nSPS) is 9.86. The van der Waals surface area contributed by atoms with Gasteiger partial charge >= 0.3 is 0 Å². The first-order valence-electron chi connectivity index (χ1n) is 4.64. The highest BCUT2D eigenvalue weighted by Gasteiger charge is 2.02. The maximum Gasteiger partial charge on any atom is 0.253 e. The van der Waals surface area contributed by atoms with Gasteiger partial charge in [0, 0.05) is 12.7 Å². The summed E-state index contributed by atoms with van der Waals surface area (Å²) >= 11 is 0. The van der Waals surface area contributed by atoms with Gasteiger partial charge in [0.2, 0.25) is 0 Å². The first-order valence-corrected chi connectivity index (χ1v) is 4.64. The lowest BCUT2D eigenvalue weighted by Gasteiger charge is -2.04. The van der Waals surface area contributed by atoms with Crippen LogP contribution in [0.25, 0.3) is 0 Å². The molecule has 0 aliphatic carbocycles. The summed E-state index contributed by atoms with van der Waals surface area (Å²) in [6, 6.07) is 7.57. The Labute approximate surface area is 84.1 Å². The number of hydrogen-bond donors (Lipinski definition) is 1. The number of carbonyl (C=O) groups excluding carboxylic acids is 1. The van der Waals surface area contributed by atoms with Gasteiger partial charge in [0.05, 0.1) is 0 Å². The number of hydrogen-bond acceptors (Lipinski definition) is 2. The van der Waals surface area contributed by atoms with E-state index in [4.69, 9.17) is 4.74 Å². The van der Waals surface area contributed by atoms with E-state index in [9.17, 15) is 4.79 Å². The van der Waals surface area contributed by atoms with E-state index < -0.39 is 0 Å². The van der Waals surface area contributed by atoms with Crippen molar-refractivity contribution >= 4 is 5.91 Å². The summed E-state index contributed by atoms with van der Waals surface area (Å²) in [4.78, 5) is 11.4.